The summed E-state index contributed by atoms with van der Waals surface area (Å²) in [6.45, 7) is 0. The maximum Gasteiger partial charge on any atom is 1.00 e. The zero-order valence-electron chi connectivity index (χ0n) is 22.1. The van der Waals surface area contributed by atoms with Gasteiger partial charge in [-0.1, -0.05) is 24.3 Å². The van der Waals surface area contributed by atoms with E-state index in [2.05, 4.69) is 0 Å². The second-order valence-electron chi connectivity index (χ2n) is 8.20. The monoisotopic (exact) mass is 638 g/mol. The number of rotatable bonds is 7. The summed E-state index contributed by atoms with van der Waals surface area (Å²) in [6.07, 6.45) is 0.987. The van der Waals surface area contributed by atoms with Crippen molar-refractivity contribution in [2.45, 2.75) is 0 Å². The van der Waals surface area contributed by atoms with Crippen molar-refractivity contribution in [1.82, 2.24) is 0 Å². The second-order valence-corrected chi connectivity index (χ2v) is 8.20. The van der Waals surface area contributed by atoms with E-state index in [1.54, 1.807) is 0 Å². The number of nitrogens with zero attached hydrogens (tertiary/aromatic N) is 4. The van der Waals surface area contributed by atoms with Gasteiger partial charge < -0.3 is 20.1 Å². The van der Waals surface area contributed by atoms with Crippen molar-refractivity contribution in [3.05, 3.63) is 103 Å². The topological polar surface area (TPSA) is 244 Å². The van der Waals surface area contributed by atoms with E-state index in [1.807, 2.05) is 0 Å². The minimum absolute atomic E-state index is 0. The SMILES string of the molecule is O=C([O-])c1ccc(N2C(=O)C(=Cc3ccc([O-])cc3)C(=O)N(c3ccc(C(=O)O)c([N+](=O)[O-])c3)C2=O)cc1[N+](=O)[O-].[K+].[K+]. The Hall–Kier alpha value is -3.18. The average molecular weight is 639 g/mol. The van der Waals surface area contributed by atoms with E-state index in [-0.39, 0.29) is 113 Å². The van der Waals surface area contributed by atoms with Crippen molar-refractivity contribution in [3.63, 3.8) is 0 Å². The molecule has 1 aliphatic heterocycles. The third kappa shape index (κ3) is 7.32. The molecule has 0 atom stereocenters. The van der Waals surface area contributed by atoms with Gasteiger partial charge >= 0.3 is 115 Å². The number of imide groups is 2. The maximum atomic E-state index is 13.5. The normalized spacial score (nSPS) is 13.7. The van der Waals surface area contributed by atoms with Crippen molar-refractivity contribution >= 4 is 58.6 Å². The zero-order valence-corrected chi connectivity index (χ0v) is 28.3. The fourth-order valence-corrected chi connectivity index (χ4v) is 3.89. The van der Waals surface area contributed by atoms with Gasteiger partial charge in [0.25, 0.3) is 23.2 Å². The molecule has 0 aromatic heterocycles. The summed E-state index contributed by atoms with van der Waals surface area (Å²) in [6, 6.07) is 7.64. The first-order valence-electron chi connectivity index (χ1n) is 11.0. The van der Waals surface area contributed by atoms with Crippen molar-refractivity contribution in [2.24, 2.45) is 0 Å². The first kappa shape index (κ1) is 36.0. The number of carbonyl (C=O) groups is 5. The van der Waals surface area contributed by atoms with Gasteiger partial charge in [0.2, 0.25) is 0 Å². The number of nitro benzene ring substituents is 2. The van der Waals surface area contributed by atoms with Gasteiger partial charge in [-0.05, 0) is 35.9 Å². The van der Waals surface area contributed by atoms with Crippen molar-refractivity contribution in [3.8, 4) is 5.75 Å². The molecule has 0 saturated carbocycles. The molecule has 0 unspecified atom stereocenters. The van der Waals surface area contributed by atoms with E-state index in [0.717, 1.165) is 36.4 Å². The maximum absolute atomic E-state index is 13.5. The Labute approximate surface area is 324 Å². The fourth-order valence-electron chi connectivity index (χ4n) is 3.89. The number of barbiturate groups is 1. The van der Waals surface area contributed by atoms with E-state index >= 15 is 0 Å². The molecule has 0 aliphatic carbocycles. The Bertz CT molecular complexity index is 1640. The van der Waals surface area contributed by atoms with Gasteiger partial charge in [-0.2, -0.15) is 0 Å². The molecular formula is C25H12K2N4O12. The third-order valence-electron chi connectivity index (χ3n) is 5.76. The summed E-state index contributed by atoms with van der Waals surface area (Å²) in [7, 11) is 0. The van der Waals surface area contributed by atoms with E-state index < -0.39 is 84.8 Å². The predicted molar refractivity (Wildman–Crippen MR) is 132 cm³/mol. The minimum Gasteiger partial charge on any atom is -0.872 e. The molecule has 0 radical (unpaired) electrons. The number of urea groups is 1. The number of carbonyl (C=O) groups excluding carboxylic acids is 4. The molecule has 18 heteroatoms. The first-order chi connectivity index (χ1) is 19.3. The number of hydrogen-bond donors (Lipinski definition) is 1. The van der Waals surface area contributed by atoms with Gasteiger partial charge in [-0.25, -0.2) is 19.4 Å². The number of benzene rings is 3. The Balaban J connectivity index is 0.00000323. The standard InChI is InChI=1S/C25H14N4O12.2K/c30-15-5-1-12(2-6-15)9-18-21(31)26(13-3-7-16(23(33)34)19(10-13)28(38)39)25(37)27(22(18)32)14-4-8-17(24(35)36)20(11-14)29(40)41;;/h1-11,30H,(H,33,34)(H,35,36);;/q;2*+1/p-2. The molecule has 1 aliphatic rings. The largest absolute Gasteiger partial charge is 1.00 e. The quantitative estimate of drug-likeness (QED) is 0.0843. The van der Waals surface area contributed by atoms with Crippen LogP contribution in [0.4, 0.5) is 27.5 Å². The first-order valence-corrected chi connectivity index (χ1v) is 11.0. The number of carboxylic acids is 2. The van der Waals surface area contributed by atoms with Crippen LogP contribution in [0.5, 0.6) is 5.75 Å². The van der Waals surface area contributed by atoms with Gasteiger partial charge in [-0.15, -0.1) is 5.75 Å². The molecule has 43 heavy (non-hydrogen) atoms. The Morgan fingerprint density at radius 2 is 1.19 bits per heavy atom. The summed E-state index contributed by atoms with van der Waals surface area (Å²) in [5, 5.41) is 55.1. The van der Waals surface area contributed by atoms with Crippen molar-refractivity contribution in [1.29, 1.82) is 0 Å². The summed E-state index contributed by atoms with van der Waals surface area (Å²) in [4.78, 5) is 84.6. The number of amides is 4. The average Bonchev–Trinajstić information content (AvgIpc) is 2.91. The molecule has 3 aromatic rings. The molecule has 1 heterocycles. The smallest absolute Gasteiger partial charge is 0.872 e. The van der Waals surface area contributed by atoms with Crippen LogP contribution in [0.25, 0.3) is 6.08 Å². The number of hydrogen-bond acceptors (Lipinski definition) is 11. The van der Waals surface area contributed by atoms with E-state index in [4.69, 9.17) is 0 Å². The number of nitro groups is 2. The molecule has 0 bridgehead atoms. The van der Waals surface area contributed by atoms with Crippen LogP contribution in [0.1, 0.15) is 26.3 Å². The van der Waals surface area contributed by atoms with Gasteiger partial charge in [0, 0.05) is 12.1 Å². The molecule has 206 valence electrons. The second kappa shape index (κ2) is 14.5. The van der Waals surface area contributed by atoms with Crippen LogP contribution in [0.15, 0.2) is 66.2 Å². The summed E-state index contributed by atoms with van der Waals surface area (Å²) < 4.78 is 0. The third-order valence-corrected chi connectivity index (χ3v) is 5.76. The predicted octanol–water partition coefficient (Wildman–Crippen LogP) is -4.77. The fraction of sp³-hybridized carbons (Fsp3) is 0. The molecule has 16 nitrogen and oxygen atoms in total. The minimum atomic E-state index is -1.93. The summed E-state index contributed by atoms with van der Waals surface area (Å²) >= 11 is 0. The molecule has 4 rings (SSSR count). The molecule has 1 saturated heterocycles. The molecule has 1 N–H and O–H groups in total. The van der Waals surface area contributed by atoms with Gasteiger partial charge in [0.05, 0.1) is 32.8 Å². The Morgan fingerprint density at radius 1 is 0.744 bits per heavy atom. The Morgan fingerprint density at radius 3 is 1.60 bits per heavy atom. The molecule has 1 fully saturated rings. The van der Waals surface area contributed by atoms with Crippen LogP contribution < -0.4 is 123 Å². The van der Waals surface area contributed by atoms with Crippen LogP contribution in [-0.4, -0.2) is 44.7 Å². The van der Waals surface area contributed by atoms with Crippen LogP contribution >= 0.6 is 0 Å². The number of aromatic carboxylic acids is 2. The van der Waals surface area contributed by atoms with Gasteiger partial charge in [0.1, 0.15) is 11.1 Å². The molecular weight excluding hydrogens is 626 g/mol. The van der Waals surface area contributed by atoms with E-state index in [0.29, 0.717) is 23.1 Å². The Kier molecular flexibility index (Phi) is 12.2. The molecule has 3 aromatic carbocycles. The van der Waals surface area contributed by atoms with Crippen molar-refractivity contribution in [2.75, 3.05) is 9.80 Å². The summed E-state index contributed by atoms with van der Waals surface area (Å²) in [5.41, 5.74) is -5.37. The van der Waals surface area contributed by atoms with Crippen LogP contribution in [0.3, 0.4) is 0 Å². The van der Waals surface area contributed by atoms with E-state index in [9.17, 15) is 59.5 Å². The van der Waals surface area contributed by atoms with Crippen LogP contribution in [0, 0.1) is 20.2 Å². The van der Waals surface area contributed by atoms with Gasteiger partial charge in [0.15, 0.2) is 0 Å². The van der Waals surface area contributed by atoms with Crippen LogP contribution in [0.2, 0.25) is 0 Å². The van der Waals surface area contributed by atoms with Crippen LogP contribution in [-0.2, 0) is 9.59 Å². The van der Waals surface area contributed by atoms with E-state index in [1.165, 1.54) is 12.1 Å². The van der Waals surface area contributed by atoms with Gasteiger partial charge in [-0.3, -0.25) is 29.8 Å². The zero-order chi connectivity index (χ0) is 30.2. The number of carboxylic acid groups (broad SMARTS) is 2. The number of anilines is 2. The molecule has 0 spiro atoms. The summed E-state index contributed by atoms with van der Waals surface area (Å²) in [5.74, 6) is -6.63. The molecule has 4 amide bonds. The van der Waals surface area contributed by atoms with Crippen molar-refractivity contribution < 1.29 is 152 Å².